The number of carbonyl (C=O) groups is 2. The maximum Gasteiger partial charge on any atom is 0.242 e. The summed E-state index contributed by atoms with van der Waals surface area (Å²) in [5.74, 6) is 1.00. The van der Waals surface area contributed by atoms with Gasteiger partial charge in [0.2, 0.25) is 11.8 Å². The van der Waals surface area contributed by atoms with Crippen LogP contribution in [0.5, 0.6) is 0 Å². The molecule has 1 N–H and O–H groups in total. The summed E-state index contributed by atoms with van der Waals surface area (Å²) in [4.78, 5) is 27.0. The highest BCUT2D eigenvalue weighted by molar-refractivity contribution is 7.99. The molecule has 0 fully saturated rings. The van der Waals surface area contributed by atoms with E-state index < -0.39 is 6.04 Å². The van der Waals surface area contributed by atoms with Gasteiger partial charge in [-0.15, -0.1) is 11.8 Å². The number of hydrogen-bond donors (Lipinski definition) is 1. The minimum atomic E-state index is -0.507. The molecule has 0 aromatic heterocycles. The van der Waals surface area contributed by atoms with E-state index in [4.69, 9.17) is 0 Å². The van der Waals surface area contributed by atoms with Crippen molar-refractivity contribution in [2.24, 2.45) is 0 Å². The fraction of sp³-hybridized carbons (Fsp3) is 0.391. The second-order valence-electron chi connectivity index (χ2n) is 7.00. The SMILES string of the molecule is CCNC(=O)[C@H](C)N(Cc1ccc(C)cc1)C(=O)CSCc1ccccc1C. The minimum Gasteiger partial charge on any atom is -0.355 e. The number of amides is 2. The molecule has 0 aliphatic heterocycles. The number of likely N-dealkylation sites (N-methyl/N-ethyl adjacent to an activating group) is 1. The standard InChI is InChI=1S/C23H30N2O2S/c1-5-24-23(27)19(4)25(14-20-12-10-17(2)11-13-20)22(26)16-28-15-21-9-7-6-8-18(21)3/h6-13,19H,5,14-16H2,1-4H3,(H,24,27)/t19-/m0/s1. The maximum absolute atomic E-state index is 13.0. The first-order valence-electron chi connectivity index (χ1n) is 9.67. The number of aryl methyl sites for hydroxylation is 2. The van der Waals surface area contributed by atoms with Crippen molar-refractivity contribution in [2.75, 3.05) is 12.3 Å². The van der Waals surface area contributed by atoms with Gasteiger partial charge >= 0.3 is 0 Å². The number of carbonyl (C=O) groups excluding carboxylic acids is 2. The Morgan fingerprint density at radius 2 is 1.75 bits per heavy atom. The summed E-state index contributed by atoms with van der Waals surface area (Å²) in [5, 5.41) is 2.83. The average molecular weight is 399 g/mol. The zero-order chi connectivity index (χ0) is 20.5. The van der Waals surface area contributed by atoms with Gasteiger partial charge in [0.05, 0.1) is 5.75 Å². The van der Waals surface area contributed by atoms with Gasteiger partial charge < -0.3 is 10.2 Å². The summed E-state index contributed by atoms with van der Waals surface area (Å²) in [7, 11) is 0. The summed E-state index contributed by atoms with van der Waals surface area (Å²) in [6.45, 7) is 8.78. The van der Waals surface area contributed by atoms with Gasteiger partial charge in [0.1, 0.15) is 6.04 Å². The lowest BCUT2D eigenvalue weighted by Crippen LogP contribution is -2.48. The van der Waals surface area contributed by atoms with Gasteiger partial charge in [0, 0.05) is 18.8 Å². The Hall–Kier alpha value is -2.27. The molecule has 0 saturated heterocycles. The second-order valence-corrected chi connectivity index (χ2v) is 7.98. The molecule has 2 aromatic carbocycles. The number of nitrogens with zero attached hydrogens (tertiary/aromatic N) is 1. The molecular weight excluding hydrogens is 368 g/mol. The second kappa shape index (κ2) is 10.9. The molecule has 0 saturated carbocycles. The Labute approximate surface area is 172 Å². The monoisotopic (exact) mass is 398 g/mol. The molecule has 0 heterocycles. The van der Waals surface area contributed by atoms with Crippen molar-refractivity contribution in [1.29, 1.82) is 0 Å². The Morgan fingerprint density at radius 3 is 2.39 bits per heavy atom. The largest absolute Gasteiger partial charge is 0.355 e. The van der Waals surface area contributed by atoms with Crippen LogP contribution in [0.3, 0.4) is 0 Å². The number of thioether (sulfide) groups is 1. The minimum absolute atomic E-state index is 0.0158. The van der Waals surface area contributed by atoms with Crippen LogP contribution in [0.15, 0.2) is 48.5 Å². The van der Waals surface area contributed by atoms with Crippen molar-refractivity contribution in [3.05, 3.63) is 70.8 Å². The first-order valence-corrected chi connectivity index (χ1v) is 10.8. The van der Waals surface area contributed by atoms with Crippen LogP contribution in [-0.2, 0) is 21.9 Å². The van der Waals surface area contributed by atoms with E-state index in [2.05, 4.69) is 24.4 Å². The van der Waals surface area contributed by atoms with Crippen molar-refractivity contribution in [2.45, 2.75) is 46.0 Å². The molecule has 150 valence electrons. The van der Waals surface area contributed by atoms with Gasteiger partial charge in [-0.1, -0.05) is 54.1 Å². The molecule has 2 rings (SSSR count). The van der Waals surface area contributed by atoms with Gasteiger partial charge in [-0.2, -0.15) is 0 Å². The van der Waals surface area contributed by atoms with Gasteiger partial charge in [-0.05, 0) is 44.4 Å². The van der Waals surface area contributed by atoms with E-state index in [0.29, 0.717) is 18.8 Å². The maximum atomic E-state index is 13.0. The molecule has 0 aliphatic rings. The molecule has 2 amide bonds. The lowest BCUT2D eigenvalue weighted by molar-refractivity contribution is -0.138. The third kappa shape index (κ3) is 6.41. The summed E-state index contributed by atoms with van der Waals surface area (Å²) in [6.07, 6.45) is 0. The third-order valence-electron chi connectivity index (χ3n) is 4.74. The van der Waals surface area contributed by atoms with Crippen molar-refractivity contribution in [1.82, 2.24) is 10.2 Å². The summed E-state index contributed by atoms with van der Waals surface area (Å²) in [5.41, 5.74) is 4.67. The highest BCUT2D eigenvalue weighted by Gasteiger charge is 2.25. The highest BCUT2D eigenvalue weighted by atomic mass is 32.2. The zero-order valence-electron chi connectivity index (χ0n) is 17.2. The predicted molar refractivity (Wildman–Crippen MR) is 117 cm³/mol. The molecule has 0 unspecified atom stereocenters. The van der Waals surface area contributed by atoms with Crippen molar-refractivity contribution in [3.8, 4) is 0 Å². The number of benzene rings is 2. The van der Waals surface area contributed by atoms with Crippen LogP contribution in [0.25, 0.3) is 0 Å². The number of hydrogen-bond acceptors (Lipinski definition) is 3. The van der Waals surface area contributed by atoms with Crippen LogP contribution in [0.2, 0.25) is 0 Å². The molecule has 1 atom stereocenters. The molecule has 0 radical (unpaired) electrons. The fourth-order valence-corrected chi connectivity index (χ4v) is 3.88. The molecular formula is C23H30N2O2S. The number of rotatable bonds is 9. The van der Waals surface area contributed by atoms with E-state index in [9.17, 15) is 9.59 Å². The lowest BCUT2D eigenvalue weighted by atomic mass is 10.1. The normalized spacial score (nSPS) is 11.7. The lowest BCUT2D eigenvalue weighted by Gasteiger charge is -2.28. The van der Waals surface area contributed by atoms with Crippen LogP contribution >= 0.6 is 11.8 Å². The average Bonchev–Trinajstić information content (AvgIpc) is 2.68. The smallest absolute Gasteiger partial charge is 0.242 e. The van der Waals surface area contributed by atoms with E-state index in [1.54, 1.807) is 23.6 Å². The molecule has 2 aromatic rings. The first kappa shape index (κ1) is 22.0. The van der Waals surface area contributed by atoms with E-state index in [1.165, 1.54) is 16.7 Å². The van der Waals surface area contributed by atoms with Gasteiger partial charge in [0.15, 0.2) is 0 Å². The Bertz CT molecular complexity index is 789. The van der Waals surface area contributed by atoms with Gasteiger partial charge in [-0.25, -0.2) is 0 Å². The van der Waals surface area contributed by atoms with Crippen molar-refractivity contribution < 1.29 is 9.59 Å². The Morgan fingerprint density at radius 1 is 1.07 bits per heavy atom. The third-order valence-corrected chi connectivity index (χ3v) is 5.70. The topological polar surface area (TPSA) is 49.4 Å². The Kier molecular flexibility index (Phi) is 8.58. The molecule has 0 aliphatic carbocycles. The molecule has 0 spiro atoms. The van der Waals surface area contributed by atoms with Gasteiger partial charge in [0.25, 0.3) is 0 Å². The van der Waals surface area contributed by atoms with Crippen molar-refractivity contribution >= 4 is 23.6 Å². The molecule has 4 nitrogen and oxygen atoms in total. The van der Waals surface area contributed by atoms with E-state index >= 15 is 0 Å². The van der Waals surface area contributed by atoms with Crippen LogP contribution < -0.4 is 5.32 Å². The van der Waals surface area contributed by atoms with Crippen molar-refractivity contribution in [3.63, 3.8) is 0 Å². The fourth-order valence-electron chi connectivity index (χ4n) is 2.90. The summed E-state index contributed by atoms with van der Waals surface area (Å²) in [6, 6.07) is 15.8. The van der Waals surface area contributed by atoms with Crippen LogP contribution in [0.1, 0.15) is 36.1 Å². The van der Waals surface area contributed by atoms with E-state index in [0.717, 1.165) is 11.3 Å². The Balaban J connectivity index is 2.05. The molecule has 28 heavy (non-hydrogen) atoms. The van der Waals surface area contributed by atoms with E-state index in [-0.39, 0.29) is 11.8 Å². The number of nitrogens with one attached hydrogen (secondary N) is 1. The summed E-state index contributed by atoms with van der Waals surface area (Å²) >= 11 is 1.59. The molecule has 5 heteroatoms. The zero-order valence-corrected chi connectivity index (χ0v) is 18.0. The predicted octanol–water partition coefficient (Wildman–Crippen LogP) is 4.09. The molecule has 0 bridgehead atoms. The van der Waals surface area contributed by atoms with Crippen LogP contribution in [-0.4, -0.2) is 35.1 Å². The van der Waals surface area contributed by atoms with Crippen LogP contribution in [0, 0.1) is 13.8 Å². The van der Waals surface area contributed by atoms with E-state index in [1.807, 2.05) is 50.2 Å². The quantitative estimate of drug-likeness (QED) is 0.692. The summed E-state index contributed by atoms with van der Waals surface area (Å²) < 4.78 is 0. The van der Waals surface area contributed by atoms with Gasteiger partial charge in [-0.3, -0.25) is 9.59 Å². The highest BCUT2D eigenvalue weighted by Crippen LogP contribution is 2.18. The van der Waals surface area contributed by atoms with Crippen LogP contribution in [0.4, 0.5) is 0 Å². The first-order chi connectivity index (χ1) is 13.4.